The molecule has 3 rings (SSSR count). The number of hydrogen-bond donors (Lipinski definition) is 2. The van der Waals surface area contributed by atoms with Gasteiger partial charge < -0.3 is 20.4 Å². The number of rotatable bonds is 4. The lowest BCUT2D eigenvalue weighted by Crippen LogP contribution is -2.51. The van der Waals surface area contributed by atoms with E-state index in [2.05, 4.69) is 16.7 Å². The minimum Gasteiger partial charge on any atom is -0.337 e. The summed E-state index contributed by atoms with van der Waals surface area (Å²) in [7, 11) is 0. The second kappa shape index (κ2) is 9.39. The number of hydrogen-bond acceptors (Lipinski definition) is 3. The van der Waals surface area contributed by atoms with Crippen LogP contribution < -0.4 is 10.6 Å². The maximum absolute atomic E-state index is 12.9. The summed E-state index contributed by atoms with van der Waals surface area (Å²) in [6.07, 6.45) is 7.13. The Morgan fingerprint density at radius 3 is 2.79 bits per heavy atom. The lowest BCUT2D eigenvalue weighted by Gasteiger charge is -2.29. The second-order valence-electron chi connectivity index (χ2n) is 7.38. The van der Waals surface area contributed by atoms with Crippen LogP contribution in [0.2, 0.25) is 0 Å². The van der Waals surface area contributed by atoms with Crippen molar-refractivity contribution in [2.45, 2.75) is 38.6 Å². The van der Waals surface area contributed by atoms with E-state index < -0.39 is 12.1 Å². The van der Waals surface area contributed by atoms with Gasteiger partial charge in [0.25, 0.3) is 0 Å². The first-order valence-corrected chi connectivity index (χ1v) is 9.88. The van der Waals surface area contributed by atoms with Crippen molar-refractivity contribution in [1.29, 1.82) is 0 Å². The van der Waals surface area contributed by atoms with Gasteiger partial charge in [-0.15, -0.1) is 0 Å². The van der Waals surface area contributed by atoms with Crippen molar-refractivity contribution in [3.63, 3.8) is 0 Å². The first-order chi connectivity index (χ1) is 13.5. The summed E-state index contributed by atoms with van der Waals surface area (Å²) in [5.74, 6) is -0.222. The van der Waals surface area contributed by atoms with Crippen LogP contribution in [0.5, 0.6) is 0 Å². The van der Waals surface area contributed by atoms with Crippen molar-refractivity contribution in [3.05, 3.63) is 42.0 Å². The van der Waals surface area contributed by atoms with Gasteiger partial charge >= 0.3 is 6.03 Å². The number of anilines is 1. The molecular weight excluding hydrogens is 356 g/mol. The molecule has 2 aliphatic rings. The Morgan fingerprint density at radius 2 is 2.04 bits per heavy atom. The summed E-state index contributed by atoms with van der Waals surface area (Å²) in [5.41, 5.74) is 1.73. The number of carbonyl (C=O) groups is 3. The number of nitrogens with one attached hydrogen (secondary N) is 2. The molecule has 1 saturated heterocycles. The molecule has 0 spiro atoms. The average Bonchev–Trinajstić information content (AvgIpc) is 2.85. The van der Waals surface area contributed by atoms with Crippen LogP contribution in [0.3, 0.4) is 0 Å². The van der Waals surface area contributed by atoms with E-state index in [1.165, 1.54) is 0 Å². The maximum Gasteiger partial charge on any atom is 0.319 e. The monoisotopic (exact) mass is 384 g/mol. The fourth-order valence-electron chi connectivity index (χ4n) is 3.58. The van der Waals surface area contributed by atoms with Gasteiger partial charge in [-0.2, -0.15) is 0 Å². The Hall–Kier alpha value is -2.83. The van der Waals surface area contributed by atoms with Crippen LogP contribution in [0.25, 0.3) is 0 Å². The minimum absolute atomic E-state index is 0.0393. The van der Waals surface area contributed by atoms with Crippen LogP contribution in [0, 0.1) is 6.92 Å². The number of likely N-dealkylation sites (tertiary alicyclic amines) is 1. The Kier molecular flexibility index (Phi) is 6.68. The summed E-state index contributed by atoms with van der Waals surface area (Å²) in [5, 5.41) is 5.56. The molecule has 4 amide bonds. The molecule has 150 valence electrons. The summed E-state index contributed by atoms with van der Waals surface area (Å²) >= 11 is 0. The van der Waals surface area contributed by atoms with E-state index in [9.17, 15) is 14.4 Å². The van der Waals surface area contributed by atoms with E-state index in [-0.39, 0.29) is 18.4 Å². The summed E-state index contributed by atoms with van der Waals surface area (Å²) in [6, 6.07) is 6.47. The summed E-state index contributed by atoms with van der Waals surface area (Å²) in [4.78, 5) is 41.1. The van der Waals surface area contributed by atoms with Crippen molar-refractivity contribution in [1.82, 2.24) is 15.1 Å². The zero-order chi connectivity index (χ0) is 19.9. The summed E-state index contributed by atoms with van der Waals surface area (Å²) < 4.78 is 0. The van der Waals surface area contributed by atoms with Gasteiger partial charge in [0, 0.05) is 25.3 Å². The van der Waals surface area contributed by atoms with Crippen molar-refractivity contribution in [2.24, 2.45) is 0 Å². The van der Waals surface area contributed by atoms with Crippen LogP contribution in [-0.2, 0) is 9.59 Å². The number of nitrogens with zero attached hydrogens (tertiary/aromatic N) is 2. The van der Waals surface area contributed by atoms with Crippen LogP contribution >= 0.6 is 0 Å². The standard InChI is InChI=1S/C21H28N4O3/c1-16-8-7-9-17(14-16)22-21(28)23-18-10-3-6-13-25(20(18)27)15-19(26)24-11-4-2-5-12-24/h2,4,7-9,14,18H,3,5-6,10-13,15H2,1H3,(H2,22,23,28)/t18-/m0/s1. The van der Waals surface area contributed by atoms with E-state index in [0.29, 0.717) is 31.7 Å². The number of amides is 4. The third-order valence-electron chi connectivity index (χ3n) is 5.10. The van der Waals surface area contributed by atoms with Gasteiger partial charge in [0.15, 0.2) is 0 Å². The van der Waals surface area contributed by atoms with E-state index in [4.69, 9.17) is 0 Å². The normalized spacial score (nSPS) is 19.9. The van der Waals surface area contributed by atoms with Crippen LogP contribution in [-0.4, -0.2) is 59.9 Å². The molecule has 0 aliphatic carbocycles. The predicted octanol–water partition coefficient (Wildman–Crippen LogP) is 2.29. The SMILES string of the molecule is Cc1cccc(NC(=O)N[C@H]2CCCCN(CC(=O)N3CC=CCC3)C2=O)c1. The molecule has 2 N–H and O–H groups in total. The molecule has 0 saturated carbocycles. The van der Waals surface area contributed by atoms with Gasteiger partial charge in [-0.1, -0.05) is 24.3 Å². The molecule has 1 atom stereocenters. The lowest BCUT2D eigenvalue weighted by molar-refractivity contribution is -0.141. The molecule has 28 heavy (non-hydrogen) atoms. The van der Waals surface area contributed by atoms with Crippen molar-refractivity contribution < 1.29 is 14.4 Å². The maximum atomic E-state index is 12.9. The molecule has 7 heteroatoms. The molecule has 2 aliphatic heterocycles. The Morgan fingerprint density at radius 1 is 1.18 bits per heavy atom. The van der Waals surface area contributed by atoms with E-state index in [1.807, 2.05) is 31.2 Å². The summed E-state index contributed by atoms with van der Waals surface area (Å²) in [6.45, 7) is 3.86. The molecular formula is C21H28N4O3. The Bertz CT molecular complexity index is 762. The van der Waals surface area contributed by atoms with E-state index in [1.54, 1.807) is 15.9 Å². The van der Waals surface area contributed by atoms with Gasteiger partial charge in [-0.3, -0.25) is 9.59 Å². The fourth-order valence-corrected chi connectivity index (χ4v) is 3.58. The topological polar surface area (TPSA) is 81.8 Å². The highest BCUT2D eigenvalue weighted by Gasteiger charge is 2.30. The number of aryl methyl sites for hydroxylation is 1. The first kappa shape index (κ1) is 19.9. The van der Waals surface area contributed by atoms with Crippen molar-refractivity contribution in [3.8, 4) is 0 Å². The second-order valence-corrected chi connectivity index (χ2v) is 7.38. The molecule has 0 aromatic heterocycles. The molecule has 0 bridgehead atoms. The largest absolute Gasteiger partial charge is 0.337 e. The number of benzene rings is 1. The van der Waals surface area contributed by atoms with Crippen molar-refractivity contribution in [2.75, 3.05) is 31.5 Å². The quantitative estimate of drug-likeness (QED) is 0.782. The third-order valence-corrected chi connectivity index (χ3v) is 5.10. The lowest BCUT2D eigenvalue weighted by atomic mass is 10.1. The average molecular weight is 384 g/mol. The highest BCUT2D eigenvalue weighted by Crippen LogP contribution is 2.14. The van der Waals surface area contributed by atoms with Gasteiger partial charge in [0.05, 0.1) is 6.54 Å². The van der Waals surface area contributed by atoms with Gasteiger partial charge in [-0.05, 0) is 50.3 Å². The first-order valence-electron chi connectivity index (χ1n) is 9.88. The zero-order valence-corrected chi connectivity index (χ0v) is 16.3. The van der Waals surface area contributed by atoms with Crippen molar-refractivity contribution >= 4 is 23.5 Å². The van der Waals surface area contributed by atoms with Crippen LogP contribution in [0.4, 0.5) is 10.5 Å². The molecule has 1 fully saturated rings. The predicted molar refractivity (Wildman–Crippen MR) is 108 cm³/mol. The minimum atomic E-state index is -0.610. The fraction of sp³-hybridized carbons (Fsp3) is 0.476. The molecule has 0 unspecified atom stereocenters. The number of carbonyl (C=O) groups excluding carboxylic acids is 3. The van der Waals surface area contributed by atoms with E-state index in [0.717, 1.165) is 24.8 Å². The van der Waals surface area contributed by atoms with Gasteiger partial charge in [0.2, 0.25) is 11.8 Å². The zero-order valence-electron chi connectivity index (χ0n) is 16.3. The highest BCUT2D eigenvalue weighted by atomic mass is 16.2. The highest BCUT2D eigenvalue weighted by molar-refractivity contribution is 5.95. The Balaban J connectivity index is 1.58. The van der Waals surface area contributed by atoms with E-state index >= 15 is 0 Å². The molecule has 1 aromatic rings. The molecule has 2 heterocycles. The van der Waals surface area contributed by atoms with Gasteiger partial charge in [-0.25, -0.2) is 4.79 Å². The molecule has 0 radical (unpaired) electrons. The molecule has 1 aromatic carbocycles. The number of urea groups is 1. The molecule has 7 nitrogen and oxygen atoms in total. The smallest absolute Gasteiger partial charge is 0.319 e. The van der Waals surface area contributed by atoms with Crippen LogP contribution in [0.1, 0.15) is 31.2 Å². The van der Waals surface area contributed by atoms with Gasteiger partial charge in [0.1, 0.15) is 6.04 Å². The third kappa shape index (κ3) is 5.34. The van der Waals surface area contributed by atoms with Crippen LogP contribution in [0.15, 0.2) is 36.4 Å². The Labute approximate surface area is 165 Å².